The molecule has 3 rings (SSSR count). The summed E-state index contributed by atoms with van der Waals surface area (Å²) < 4.78 is 15.8. The Kier molecular flexibility index (Phi) is 7.26. The second-order valence-electron chi connectivity index (χ2n) is 6.62. The summed E-state index contributed by atoms with van der Waals surface area (Å²) in [4.78, 5) is 37.7. The molecule has 2 aromatic carbocycles. The third-order valence-corrected chi connectivity index (χ3v) is 4.55. The number of anilines is 1. The van der Waals surface area contributed by atoms with Gasteiger partial charge in [0.2, 0.25) is 5.91 Å². The summed E-state index contributed by atoms with van der Waals surface area (Å²) in [5.41, 5.74) is 0.949. The summed E-state index contributed by atoms with van der Waals surface area (Å²) in [6.45, 7) is 0.726. The van der Waals surface area contributed by atoms with Crippen LogP contribution in [0, 0.1) is 0 Å². The van der Waals surface area contributed by atoms with Gasteiger partial charge in [0.25, 0.3) is 5.91 Å². The third-order valence-electron chi connectivity index (χ3n) is 4.55. The highest BCUT2D eigenvalue weighted by atomic mass is 16.5. The van der Waals surface area contributed by atoms with Crippen LogP contribution < -0.4 is 19.7 Å². The minimum absolute atomic E-state index is 0.0373. The number of nitrogens with one attached hydrogen (secondary N) is 1. The van der Waals surface area contributed by atoms with E-state index in [1.54, 1.807) is 48.4 Å². The minimum atomic E-state index is -0.621. The highest BCUT2D eigenvalue weighted by molar-refractivity contribution is 5.97. The molecule has 0 unspecified atom stereocenters. The molecule has 1 heterocycles. The van der Waals surface area contributed by atoms with Gasteiger partial charge in [0.15, 0.2) is 18.1 Å². The van der Waals surface area contributed by atoms with Crippen molar-refractivity contribution in [3.63, 3.8) is 0 Å². The number of rotatable bonds is 9. The number of methoxy groups -OCH3 is 1. The summed E-state index contributed by atoms with van der Waals surface area (Å²) in [7, 11) is 1.55. The molecule has 2 amide bonds. The van der Waals surface area contributed by atoms with E-state index in [0.717, 1.165) is 6.42 Å². The fourth-order valence-corrected chi connectivity index (χ4v) is 3.08. The zero-order valence-corrected chi connectivity index (χ0v) is 16.8. The number of ether oxygens (including phenoxy) is 3. The first-order chi connectivity index (χ1) is 14.6. The molecule has 1 aliphatic rings. The van der Waals surface area contributed by atoms with Gasteiger partial charge in [0.05, 0.1) is 19.2 Å². The largest absolute Gasteiger partial charge is 0.493 e. The Bertz CT molecular complexity index is 914. The van der Waals surface area contributed by atoms with Crippen molar-refractivity contribution in [1.82, 2.24) is 5.32 Å². The molecule has 1 aliphatic heterocycles. The Labute approximate surface area is 174 Å². The van der Waals surface area contributed by atoms with E-state index in [-0.39, 0.29) is 19.1 Å². The normalized spacial score (nSPS) is 13.1. The van der Waals surface area contributed by atoms with Crippen LogP contribution in [-0.2, 0) is 14.3 Å². The van der Waals surface area contributed by atoms with Crippen molar-refractivity contribution in [2.45, 2.75) is 12.8 Å². The number of hydrogen-bond donors (Lipinski definition) is 1. The molecule has 8 heteroatoms. The van der Waals surface area contributed by atoms with Gasteiger partial charge in [-0.05, 0) is 36.8 Å². The summed E-state index contributed by atoms with van der Waals surface area (Å²) in [5, 5.41) is 2.62. The molecule has 8 nitrogen and oxygen atoms in total. The smallest absolute Gasteiger partial charge is 0.338 e. The monoisotopic (exact) mass is 412 g/mol. The number of carbonyl (C=O) groups is 3. The number of nitrogens with zero attached hydrogens (tertiary/aromatic N) is 1. The van der Waals surface area contributed by atoms with Crippen molar-refractivity contribution >= 4 is 23.5 Å². The third kappa shape index (κ3) is 5.50. The van der Waals surface area contributed by atoms with Gasteiger partial charge in [-0.1, -0.05) is 18.2 Å². The molecular formula is C22H24N2O6. The molecule has 0 aliphatic carbocycles. The van der Waals surface area contributed by atoms with Crippen molar-refractivity contribution in [1.29, 1.82) is 0 Å². The van der Waals surface area contributed by atoms with Crippen LogP contribution in [0.1, 0.15) is 23.2 Å². The Morgan fingerprint density at radius 3 is 2.63 bits per heavy atom. The minimum Gasteiger partial charge on any atom is -0.493 e. The van der Waals surface area contributed by atoms with Crippen molar-refractivity contribution in [2.75, 3.05) is 38.3 Å². The van der Waals surface area contributed by atoms with Crippen LogP contribution in [0.4, 0.5) is 5.69 Å². The Balaban J connectivity index is 1.41. The van der Waals surface area contributed by atoms with Crippen LogP contribution >= 0.6 is 0 Å². The van der Waals surface area contributed by atoms with Gasteiger partial charge >= 0.3 is 5.97 Å². The van der Waals surface area contributed by atoms with Crippen LogP contribution in [-0.4, -0.2) is 51.2 Å². The van der Waals surface area contributed by atoms with Gasteiger partial charge in [-0.2, -0.15) is 0 Å². The van der Waals surface area contributed by atoms with Crippen LogP contribution in [0.5, 0.6) is 11.5 Å². The van der Waals surface area contributed by atoms with Crippen LogP contribution in [0.2, 0.25) is 0 Å². The van der Waals surface area contributed by atoms with E-state index in [1.165, 1.54) is 0 Å². The van der Waals surface area contributed by atoms with Crippen LogP contribution in [0.15, 0.2) is 48.5 Å². The Morgan fingerprint density at radius 2 is 1.90 bits per heavy atom. The lowest BCUT2D eigenvalue weighted by atomic mass is 10.2. The SMILES string of the molecule is COc1ccccc1OCCNC(=O)COC(=O)c1cccc(N2CCCC2=O)c1. The maximum absolute atomic E-state index is 12.2. The number of carbonyl (C=O) groups excluding carboxylic acids is 3. The van der Waals surface area contributed by atoms with Crippen LogP contribution in [0.25, 0.3) is 0 Å². The van der Waals surface area contributed by atoms with E-state index in [1.807, 2.05) is 12.1 Å². The maximum atomic E-state index is 12.2. The van der Waals surface area contributed by atoms with Gasteiger partial charge in [-0.25, -0.2) is 4.79 Å². The van der Waals surface area contributed by atoms with Crippen LogP contribution in [0.3, 0.4) is 0 Å². The van der Waals surface area contributed by atoms with Crippen molar-refractivity contribution < 1.29 is 28.6 Å². The predicted molar refractivity (Wildman–Crippen MR) is 110 cm³/mol. The fraction of sp³-hybridized carbons (Fsp3) is 0.318. The van der Waals surface area contributed by atoms with Gasteiger partial charge in [0, 0.05) is 18.7 Å². The molecule has 0 bridgehead atoms. The molecule has 158 valence electrons. The van der Waals surface area contributed by atoms with E-state index in [2.05, 4.69) is 5.32 Å². The molecule has 1 fully saturated rings. The number of para-hydroxylation sites is 2. The molecule has 0 aromatic heterocycles. The van der Waals surface area contributed by atoms with Gasteiger partial charge in [0.1, 0.15) is 6.61 Å². The number of benzene rings is 2. The van der Waals surface area contributed by atoms with Crippen molar-refractivity contribution in [3.8, 4) is 11.5 Å². The highest BCUT2D eigenvalue weighted by Crippen LogP contribution is 2.25. The maximum Gasteiger partial charge on any atom is 0.338 e. The molecule has 2 aromatic rings. The molecule has 0 atom stereocenters. The van der Waals surface area contributed by atoms with E-state index >= 15 is 0 Å². The van der Waals surface area contributed by atoms with Crippen molar-refractivity contribution in [2.24, 2.45) is 0 Å². The van der Waals surface area contributed by atoms with Crippen molar-refractivity contribution in [3.05, 3.63) is 54.1 Å². The fourth-order valence-electron chi connectivity index (χ4n) is 3.08. The van der Waals surface area contributed by atoms with Gasteiger partial charge in [-0.15, -0.1) is 0 Å². The zero-order chi connectivity index (χ0) is 21.3. The number of esters is 1. The summed E-state index contributed by atoms with van der Waals surface area (Å²) in [6.07, 6.45) is 1.31. The Morgan fingerprint density at radius 1 is 1.10 bits per heavy atom. The standard InChI is InChI=1S/C22H24N2O6/c1-28-18-8-2-3-9-19(18)29-13-11-23-20(25)15-30-22(27)16-6-4-7-17(14-16)24-12-5-10-21(24)26/h2-4,6-9,14H,5,10-13,15H2,1H3,(H,23,25). The highest BCUT2D eigenvalue weighted by Gasteiger charge is 2.22. The molecule has 30 heavy (non-hydrogen) atoms. The lowest BCUT2D eigenvalue weighted by Crippen LogP contribution is -2.32. The molecule has 0 saturated carbocycles. The first kappa shape index (κ1) is 21.2. The molecule has 1 saturated heterocycles. The average molecular weight is 412 g/mol. The predicted octanol–water partition coefficient (Wildman–Crippen LogP) is 2.17. The topological polar surface area (TPSA) is 94.2 Å². The lowest BCUT2D eigenvalue weighted by molar-refractivity contribution is -0.124. The first-order valence-corrected chi connectivity index (χ1v) is 9.68. The number of amides is 2. The lowest BCUT2D eigenvalue weighted by Gasteiger charge is -2.16. The second kappa shape index (κ2) is 10.3. The van der Waals surface area contributed by atoms with E-state index < -0.39 is 18.5 Å². The van der Waals surface area contributed by atoms with E-state index in [4.69, 9.17) is 14.2 Å². The Hall–Kier alpha value is -3.55. The number of hydrogen-bond acceptors (Lipinski definition) is 6. The molecule has 1 N–H and O–H groups in total. The second-order valence-corrected chi connectivity index (χ2v) is 6.62. The van der Waals surface area contributed by atoms with E-state index in [0.29, 0.717) is 35.7 Å². The quantitative estimate of drug-likeness (QED) is 0.501. The molecule has 0 radical (unpaired) electrons. The first-order valence-electron chi connectivity index (χ1n) is 9.68. The summed E-state index contributed by atoms with van der Waals surface area (Å²) >= 11 is 0. The zero-order valence-electron chi connectivity index (χ0n) is 16.8. The van der Waals surface area contributed by atoms with E-state index in [9.17, 15) is 14.4 Å². The average Bonchev–Trinajstić information content (AvgIpc) is 3.21. The summed E-state index contributed by atoms with van der Waals surface area (Å²) in [5.74, 6) is 0.171. The van der Waals surface area contributed by atoms with Gasteiger partial charge < -0.3 is 24.4 Å². The molecular weight excluding hydrogens is 388 g/mol. The van der Waals surface area contributed by atoms with Gasteiger partial charge in [-0.3, -0.25) is 9.59 Å². The summed E-state index contributed by atoms with van der Waals surface area (Å²) in [6, 6.07) is 13.9. The molecule has 0 spiro atoms.